The standard InChI is InChI=1S/C14H18F4O7S/c1-9(5-15)22-13(23-10(2)6-16)14(26(19,20)21,24-11(3)7-17)25-12(4)8-18/h5-8,13H,1-4H3,(H,19,20,21). The van der Waals surface area contributed by atoms with E-state index in [1.165, 1.54) is 0 Å². The molecule has 12 heteroatoms. The number of allylic oxidation sites excluding steroid dienone is 4. The topological polar surface area (TPSA) is 91.3 Å². The van der Waals surface area contributed by atoms with Crippen molar-refractivity contribution in [3.05, 3.63) is 48.4 Å². The van der Waals surface area contributed by atoms with Crippen LogP contribution in [0.15, 0.2) is 48.4 Å². The van der Waals surface area contributed by atoms with Crippen LogP contribution in [0.5, 0.6) is 0 Å². The van der Waals surface area contributed by atoms with Crippen LogP contribution in [0, 0.1) is 0 Å². The van der Waals surface area contributed by atoms with E-state index in [1.807, 2.05) is 0 Å². The van der Waals surface area contributed by atoms with Crippen LogP contribution in [-0.4, -0.2) is 24.4 Å². The van der Waals surface area contributed by atoms with Gasteiger partial charge in [-0.2, -0.15) is 8.42 Å². The monoisotopic (exact) mass is 406 g/mol. The van der Waals surface area contributed by atoms with E-state index in [9.17, 15) is 30.5 Å². The van der Waals surface area contributed by atoms with Gasteiger partial charge in [-0.05, 0) is 27.7 Å². The summed E-state index contributed by atoms with van der Waals surface area (Å²) in [7, 11) is -5.55. The van der Waals surface area contributed by atoms with E-state index in [0.717, 1.165) is 27.7 Å². The largest absolute Gasteiger partial charge is 0.458 e. The third-order valence-corrected chi connectivity index (χ3v) is 3.53. The Kier molecular flexibility index (Phi) is 9.21. The smallest absolute Gasteiger partial charge is 0.449 e. The van der Waals surface area contributed by atoms with Crippen molar-refractivity contribution in [1.29, 1.82) is 0 Å². The molecule has 0 aromatic heterocycles. The normalized spacial score (nSPS) is 18.0. The Morgan fingerprint density at radius 2 is 1.12 bits per heavy atom. The van der Waals surface area contributed by atoms with Crippen LogP contribution >= 0.6 is 0 Å². The average Bonchev–Trinajstić information content (AvgIpc) is 2.58. The van der Waals surface area contributed by atoms with Crippen molar-refractivity contribution in [3.8, 4) is 0 Å². The zero-order chi connectivity index (χ0) is 20.5. The van der Waals surface area contributed by atoms with Gasteiger partial charge in [0, 0.05) is 0 Å². The second-order valence-corrected chi connectivity index (χ2v) is 6.25. The van der Waals surface area contributed by atoms with Crippen LogP contribution in [0.25, 0.3) is 0 Å². The Labute approximate surface area is 147 Å². The molecule has 0 atom stereocenters. The molecule has 0 aromatic rings. The SMILES string of the molecule is CC(=CF)OC(OC(C)=CF)C(OC(C)=CF)(OC(C)=CF)S(=O)(=O)O. The van der Waals surface area contributed by atoms with E-state index in [4.69, 9.17) is 18.9 Å². The Bertz CT molecular complexity index is 658. The fraction of sp³-hybridized carbons (Fsp3) is 0.429. The number of ether oxygens (including phenoxy) is 4. The van der Waals surface area contributed by atoms with Gasteiger partial charge in [0.1, 0.15) is 48.4 Å². The summed E-state index contributed by atoms with van der Waals surface area (Å²) < 4.78 is 103. The van der Waals surface area contributed by atoms with E-state index >= 15 is 0 Å². The molecule has 0 spiro atoms. The first-order valence-corrected chi connectivity index (χ1v) is 8.17. The minimum Gasteiger partial charge on any atom is -0.449 e. The Morgan fingerprint density at radius 3 is 1.35 bits per heavy atom. The summed E-state index contributed by atoms with van der Waals surface area (Å²) in [6, 6.07) is 0. The Hall–Kier alpha value is -2.21. The molecule has 0 fully saturated rings. The van der Waals surface area contributed by atoms with E-state index in [1.54, 1.807) is 0 Å². The molecule has 0 aliphatic rings. The number of hydrogen-bond acceptors (Lipinski definition) is 6. The minimum absolute atomic E-state index is 0.130. The molecule has 0 aliphatic heterocycles. The average molecular weight is 406 g/mol. The van der Waals surface area contributed by atoms with Gasteiger partial charge in [-0.3, -0.25) is 4.55 Å². The first kappa shape index (κ1) is 23.8. The van der Waals surface area contributed by atoms with Gasteiger partial charge in [-0.15, -0.1) is 0 Å². The molecule has 0 aromatic carbocycles. The summed E-state index contributed by atoms with van der Waals surface area (Å²) in [4.78, 5) is 0. The van der Waals surface area contributed by atoms with Crippen molar-refractivity contribution in [2.45, 2.75) is 39.1 Å². The highest BCUT2D eigenvalue weighted by Gasteiger charge is 2.61. The highest BCUT2D eigenvalue weighted by atomic mass is 32.2. The van der Waals surface area contributed by atoms with Crippen molar-refractivity contribution >= 4 is 10.1 Å². The quantitative estimate of drug-likeness (QED) is 0.251. The van der Waals surface area contributed by atoms with Crippen molar-refractivity contribution in [3.63, 3.8) is 0 Å². The van der Waals surface area contributed by atoms with Crippen LogP contribution < -0.4 is 0 Å². The van der Waals surface area contributed by atoms with Crippen LogP contribution in [0.1, 0.15) is 27.7 Å². The van der Waals surface area contributed by atoms with Gasteiger partial charge in [-0.1, -0.05) is 0 Å². The summed E-state index contributed by atoms with van der Waals surface area (Å²) in [6.07, 6.45) is -3.15. The van der Waals surface area contributed by atoms with E-state index in [0.29, 0.717) is 0 Å². The van der Waals surface area contributed by atoms with Gasteiger partial charge in [-0.25, -0.2) is 17.6 Å². The summed E-state index contributed by atoms with van der Waals surface area (Å²) in [5.41, 5.74) is 0. The number of hydrogen-bond donors (Lipinski definition) is 1. The predicted octanol–water partition coefficient (Wildman–Crippen LogP) is 4.24. The van der Waals surface area contributed by atoms with Gasteiger partial charge >= 0.3 is 21.5 Å². The maximum Gasteiger partial charge on any atom is 0.458 e. The first-order chi connectivity index (χ1) is 12.0. The third kappa shape index (κ3) is 6.26. The highest BCUT2D eigenvalue weighted by Crippen LogP contribution is 2.35. The molecule has 26 heavy (non-hydrogen) atoms. The lowest BCUT2D eigenvalue weighted by molar-refractivity contribution is -0.268. The van der Waals surface area contributed by atoms with Gasteiger partial charge in [0.15, 0.2) is 0 Å². The van der Waals surface area contributed by atoms with Crippen molar-refractivity contribution < 1.29 is 49.5 Å². The molecular formula is C14H18F4O7S. The zero-order valence-electron chi connectivity index (χ0n) is 14.2. The number of halogens is 4. The molecule has 1 N–H and O–H groups in total. The Balaban J connectivity index is 6.62. The van der Waals surface area contributed by atoms with Gasteiger partial charge in [0.05, 0.1) is 0 Å². The van der Waals surface area contributed by atoms with Crippen molar-refractivity contribution in [1.82, 2.24) is 0 Å². The van der Waals surface area contributed by atoms with E-state index < -0.39 is 44.6 Å². The lowest BCUT2D eigenvalue weighted by atomic mass is 10.5. The lowest BCUT2D eigenvalue weighted by Gasteiger charge is -2.36. The summed E-state index contributed by atoms with van der Waals surface area (Å²) >= 11 is 0. The second kappa shape index (κ2) is 10.1. The maximum absolute atomic E-state index is 12.7. The molecule has 0 unspecified atom stereocenters. The fourth-order valence-electron chi connectivity index (χ4n) is 1.39. The molecule has 150 valence electrons. The fourth-order valence-corrected chi connectivity index (χ4v) is 2.21. The molecule has 0 saturated heterocycles. The molecule has 0 aliphatic carbocycles. The minimum atomic E-state index is -5.55. The van der Waals surface area contributed by atoms with Crippen LogP contribution in [0.3, 0.4) is 0 Å². The zero-order valence-corrected chi connectivity index (χ0v) is 15.0. The molecule has 0 rings (SSSR count). The molecular weight excluding hydrogens is 388 g/mol. The summed E-state index contributed by atoms with van der Waals surface area (Å²) in [5.74, 6) is -2.80. The van der Waals surface area contributed by atoms with Crippen LogP contribution in [0.2, 0.25) is 0 Å². The van der Waals surface area contributed by atoms with Crippen molar-refractivity contribution in [2.75, 3.05) is 0 Å². The Morgan fingerprint density at radius 1 is 0.808 bits per heavy atom. The van der Waals surface area contributed by atoms with E-state index in [-0.39, 0.29) is 25.3 Å². The van der Waals surface area contributed by atoms with E-state index in [2.05, 4.69) is 0 Å². The van der Waals surface area contributed by atoms with Crippen LogP contribution in [-0.2, 0) is 29.1 Å². The van der Waals surface area contributed by atoms with Gasteiger partial charge in [0.25, 0.3) is 0 Å². The van der Waals surface area contributed by atoms with Crippen LogP contribution in [0.4, 0.5) is 17.6 Å². The van der Waals surface area contributed by atoms with Crippen molar-refractivity contribution in [2.24, 2.45) is 0 Å². The first-order valence-electron chi connectivity index (χ1n) is 6.73. The molecule has 0 amide bonds. The molecule has 0 bridgehead atoms. The third-order valence-electron chi connectivity index (χ3n) is 2.46. The van der Waals surface area contributed by atoms with Gasteiger partial charge < -0.3 is 18.9 Å². The predicted molar refractivity (Wildman–Crippen MR) is 81.9 cm³/mol. The number of rotatable bonds is 10. The van der Waals surface area contributed by atoms with Gasteiger partial charge in [0.2, 0.25) is 0 Å². The highest BCUT2D eigenvalue weighted by molar-refractivity contribution is 7.87. The molecule has 7 nitrogen and oxygen atoms in total. The molecule has 0 heterocycles. The molecule has 0 saturated carbocycles. The lowest BCUT2D eigenvalue weighted by Crippen LogP contribution is -2.55. The summed E-state index contributed by atoms with van der Waals surface area (Å²) in [6.45, 7) is 3.81. The second-order valence-electron chi connectivity index (χ2n) is 4.73. The maximum atomic E-state index is 12.7. The molecule has 0 radical (unpaired) electrons. The summed E-state index contributed by atoms with van der Waals surface area (Å²) in [5, 5.41) is -3.49.